The smallest absolute Gasteiger partial charge is 0.240 e. The highest BCUT2D eigenvalue weighted by molar-refractivity contribution is 7.99. The highest BCUT2D eigenvalue weighted by Gasteiger charge is 2.25. The van der Waals surface area contributed by atoms with Gasteiger partial charge in [0.1, 0.15) is 5.38 Å². The molecule has 12 heavy (non-hydrogen) atoms. The first-order valence-electron chi connectivity index (χ1n) is 4.15. The number of carbonyl (C=O) groups is 1. The largest absolute Gasteiger partial charge is 0.337 e. The predicted octanol–water partition coefficient (Wildman–Crippen LogP) is 1.58. The second kappa shape index (κ2) is 4.38. The molecule has 0 aromatic carbocycles. The van der Waals surface area contributed by atoms with Crippen molar-refractivity contribution in [2.45, 2.75) is 25.3 Å². The van der Waals surface area contributed by atoms with Crippen molar-refractivity contribution in [3.63, 3.8) is 0 Å². The van der Waals surface area contributed by atoms with Gasteiger partial charge in [0, 0.05) is 24.1 Å². The lowest BCUT2D eigenvalue weighted by Gasteiger charge is -2.33. The molecule has 0 aromatic heterocycles. The molecule has 0 aromatic rings. The molecule has 0 N–H and O–H groups in total. The second-order valence-electron chi connectivity index (χ2n) is 3.07. The van der Waals surface area contributed by atoms with Crippen LogP contribution in [0.3, 0.4) is 0 Å². The first-order valence-corrected chi connectivity index (χ1v) is 5.74. The Morgan fingerprint density at radius 1 is 1.75 bits per heavy atom. The lowest BCUT2D eigenvalue weighted by atomic mass is 10.2. The third kappa shape index (κ3) is 2.30. The van der Waals surface area contributed by atoms with Crippen molar-refractivity contribution in [3.8, 4) is 0 Å². The van der Waals surface area contributed by atoms with Gasteiger partial charge >= 0.3 is 0 Å². The molecular weight excluding hydrogens is 194 g/mol. The van der Waals surface area contributed by atoms with E-state index in [0.29, 0.717) is 6.04 Å². The van der Waals surface area contributed by atoms with E-state index in [0.717, 1.165) is 18.1 Å². The van der Waals surface area contributed by atoms with Gasteiger partial charge in [-0.3, -0.25) is 4.79 Å². The van der Waals surface area contributed by atoms with Gasteiger partial charge in [-0.25, -0.2) is 0 Å². The maximum atomic E-state index is 11.5. The number of hydrogen-bond acceptors (Lipinski definition) is 2. The molecule has 1 heterocycles. The summed E-state index contributed by atoms with van der Waals surface area (Å²) < 4.78 is 0. The van der Waals surface area contributed by atoms with Gasteiger partial charge in [-0.1, -0.05) is 0 Å². The molecule has 1 aliphatic rings. The summed E-state index contributed by atoms with van der Waals surface area (Å²) in [5.41, 5.74) is 0. The van der Waals surface area contributed by atoms with Crippen LogP contribution in [0.1, 0.15) is 13.8 Å². The topological polar surface area (TPSA) is 20.3 Å². The Morgan fingerprint density at radius 3 is 2.92 bits per heavy atom. The average molecular weight is 208 g/mol. The van der Waals surface area contributed by atoms with Crippen LogP contribution in [0.4, 0.5) is 0 Å². The fraction of sp³-hybridized carbons (Fsp3) is 0.875. The molecule has 1 saturated heterocycles. The summed E-state index contributed by atoms with van der Waals surface area (Å²) in [6, 6.07) is 0.345. The van der Waals surface area contributed by atoms with Crippen LogP contribution in [0.5, 0.6) is 0 Å². The zero-order valence-electron chi connectivity index (χ0n) is 7.42. The molecule has 1 rings (SSSR count). The van der Waals surface area contributed by atoms with Crippen molar-refractivity contribution in [1.29, 1.82) is 0 Å². The van der Waals surface area contributed by atoms with Crippen LogP contribution in [0.15, 0.2) is 0 Å². The van der Waals surface area contributed by atoms with Gasteiger partial charge in [-0.05, 0) is 13.8 Å². The van der Waals surface area contributed by atoms with Crippen LogP contribution in [-0.2, 0) is 4.79 Å². The average Bonchev–Trinajstić information content (AvgIpc) is 2.04. The minimum Gasteiger partial charge on any atom is -0.337 e. The second-order valence-corrected chi connectivity index (χ2v) is 4.88. The van der Waals surface area contributed by atoms with E-state index < -0.39 is 0 Å². The molecule has 2 nitrogen and oxygen atoms in total. The summed E-state index contributed by atoms with van der Waals surface area (Å²) in [5.74, 6) is 2.15. The molecule has 0 saturated carbocycles. The summed E-state index contributed by atoms with van der Waals surface area (Å²) in [7, 11) is 0. The Kier molecular flexibility index (Phi) is 3.72. The molecule has 0 bridgehead atoms. The standard InChI is InChI=1S/C8H14ClNOS/c1-6-5-12-4-3-10(6)8(11)7(2)9/h6-7H,3-5H2,1-2H3. The number of carbonyl (C=O) groups excluding carboxylic acids is 1. The number of nitrogens with zero attached hydrogens (tertiary/aromatic N) is 1. The Labute approximate surface area is 82.6 Å². The third-order valence-corrected chi connectivity index (χ3v) is 3.37. The van der Waals surface area contributed by atoms with Crippen molar-refractivity contribution in [1.82, 2.24) is 4.90 Å². The molecular formula is C8H14ClNOS. The van der Waals surface area contributed by atoms with Crippen LogP contribution in [0.25, 0.3) is 0 Å². The molecule has 2 atom stereocenters. The zero-order chi connectivity index (χ0) is 9.14. The zero-order valence-corrected chi connectivity index (χ0v) is 8.99. The Bertz CT molecular complexity index is 174. The number of halogens is 1. The van der Waals surface area contributed by atoms with E-state index >= 15 is 0 Å². The van der Waals surface area contributed by atoms with Crippen LogP contribution < -0.4 is 0 Å². The first-order chi connectivity index (χ1) is 5.63. The fourth-order valence-corrected chi connectivity index (χ4v) is 2.42. The summed E-state index contributed by atoms with van der Waals surface area (Å²) in [6.07, 6.45) is 0. The maximum Gasteiger partial charge on any atom is 0.240 e. The molecule has 0 spiro atoms. The van der Waals surface area contributed by atoms with Gasteiger partial charge in [0.2, 0.25) is 5.91 Å². The van der Waals surface area contributed by atoms with Crippen molar-refractivity contribution >= 4 is 29.3 Å². The lowest BCUT2D eigenvalue weighted by Crippen LogP contribution is -2.47. The monoisotopic (exact) mass is 207 g/mol. The van der Waals surface area contributed by atoms with E-state index in [4.69, 9.17) is 11.6 Å². The van der Waals surface area contributed by atoms with Crippen molar-refractivity contribution < 1.29 is 4.79 Å². The minimum atomic E-state index is -0.379. The van der Waals surface area contributed by atoms with Crippen LogP contribution in [0, 0.1) is 0 Å². The molecule has 0 aliphatic carbocycles. The van der Waals surface area contributed by atoms with Gasteiger partial charge in [0.05, 0.1) is 0 Å². The van der Waals surface area contributed by atoms with E-state index in [2.05, 4.69) is 6.92 Å². The normalized spacial score (nSPS) is 26.9. The van der Waals surface area contributed by atoms with Crippen molar-refractivity contribution in [2.24, 2.45) is 0 Å². The molecule has 70 valence electrons. The number of alkyl halides is 1. The van der Waals surface area contributed by atoms with Crippen LogP contribution in [0.2, 0.25) is 0 Å². The summed E-state index contributed by atoms with van der Waals surface area (Å²) in [4.78, 5) is 13.4. The molecule has 0 radical (unpaired) electrons. The molecule has 4 heteroatoms. The Balaban J connectivity index is 2.53. The van der Waals surface area contributed by atoms with Gasteiger partial charge in [0.15, 0.2) is 0 Å². The van der Waals surface area contributed by atoms with Gasteiger partial charge in [0.25, 0.3) is 0 Å². The van der Waals surface area contributed by atoms with Crippen LogP contribution >= 0.6 is 23.4 Å². The fourth-order valence-electron chi connectivity index (χ4n) is 1.28. The first kappa shape index (κ1) is 10.2. The Hall–Kier alpha value is 0.110. The number of rotatable bonds is 1. The SMILES string of the molecule is CC(Cl)C(=O)N1CCSCC1C. The maximum absolute atomic E-state index is 11.5. The van der Waals surface area contributed by atoms with E-state index in [-0.39, 0.29) is 11.3 Å². The van der Waals surface area contributed by atoms with Gasteiger partial charge in [-0.2, -0.15) is 11.8 Å². The summed E-state index contributed by atoms with van der Waals surface area (Å²) >= 11 is 7.63. The minimum absolute atomic E-state index is 0.0736. The van der Waals surface area contributed by atoms with Crippen molar-refractivity contribution in [2.75, 3.05) is 18.1 Å². The van der Waals surface area contributed by atoms with Crippen molar-refractivity contribution in [3.05, 3.63) is 0 Å². The molecule has 1 fully saturated rings. The lowest BCUT2D eigenvalue weighted by molar-refractivity contribution is -0.131. The highest BCUT2D eigenvalue weighted by atomic mass is 35.5. The van der Waals surface area contributed by atoms with E-state index in [1.807, 2.05) is 16.7 Å². The van der Waals surface area contributed by atoms with E-state index in [9.17, 15) is 4.79 Å². The predicted molar refractivity (Wildman–Crippen MR) is 53.8 cm³/mol. The van der Waals surface area contributed by atoms with E-state index in [1.54, 1.807) is 6.92 Å². The number of thioether (sulfide) groups is 1. The summed E-state index contributed by atoms with van der Waals surface area (Å²) in [5, 5.41) is -0.379. The molecule has 1 amide bonds. The Morgan fingerprint density at radius 2 is 2.42 bits per heavy atom. The molecule has 2 unspecified atom stereocenters. The van der Waals surface area contributed by atoms with E-state index in [1.165, 1.54) is 0 Å². The molecule has 1 aliphatic heterocycles. The van der Waals surface area contributed by atoms with Gasteiger partial charge < -0.3 is 4.90 Å². The quantitative estimate of drug-likeness (QED) is 0.609. The van der Waals surface area contributed by atoms with Gasteiger partial charge in [-0.15, -0.1) is 11.6 Å². The number of hydrogen-bond donors (Lipinski definition) is 0. The third-order valence-electron chi connectivity index (χ3n) is 1.99. The van der Waals surface area contributed by atoms with Crippen LogP contribution in [-0.4, -0.2) is 40.3 Å². The summed E-state index contributed by atoms with van der Waals surface area (Å²) in [6.45, 7) is 4.66. The highest BCUT2D eigenvalue weighted by Crippen LogP contribution is 2.17. The number of amides is 1.